The van der Waals surface area contributed by atoms with Gasteiger partial charge in [0.15, 0.2) is 0 Å². The molecule has 1 N–H and O–H groups in total. The monoisotopic (exact) mass is 167 g/mol. The average Bonchev–Trinajstić information content (AvgIpc) is 2.56. The Morgan fingerprint density at radius 3 is 2.42 bits per heavy atom. The fourth-order valence-electron chi connectivity index (χ4n) is 2.40. The molecule has 1 aliphatic heterocycles. The van der Waals surface area contributed by atoms with Crippen molar-refractivity contribution in [2.75, 3.05) is 13.1 Å². The molecule has 1 heterocycles. The second-order valence-electron chi connectivity index (χ2n) is 5.71. The van der Waals surface area contributed by atoms with Crippen LogP contribution in [0.25, 0.3) is 0 Å². The van der Waals surface area contributed by atoms with Crippen LogP contribution in [0.1, 0.15) is 33.6 Å². The first-order valence-electron chi connectivity index (χ1n) is 5.28. The highest BCUT2D eigenvalue weighted by Gasteiger charge is 2.42. The predicted octanol–water partition coefficient (Wildman–Crippen LogP) is 2.28. The lowest BCUT2D eigenvalue weighted by Crippen LogP contribution is -2.31. The van der Waals surface area contributed by atoms with Gasteiger partial charge in [-0.3, -0.25) is 0 Å². The van der Waals surface area contributed by atoms with Crippen molar-refractivity contribution >= 4 is 0 Å². The standard InChI is InChI=1S/C11H21N/c1-11(2,3)10-5-8-4-9(8)6-12-7-10/h8-10,12H,4-7H2,1-3H3. The van der Waals surface area contributed by atoms with E-state index in [0.717, 1.165) is 17.8 Å². The van der Waals surface area contributed by atoms with E-state index in [9.17, 15) is 0 Å². The molecule has 12 heavy (non-hydrogen) atoms. The van der Waals surface area contributed by atoms with E-state index in [1.807, 2.05) is 0 Å². The first kappa shape index (κ1) is 8.55. The van der Waals surface area contributed by atoms with Crippen LogP contribution < -0.4 is 5.32 Å². The van der Waals surface area contributed by atoms with Crippen molar-refractivity contribution in [1.29, 1.82) is 0 Å². The SMILES string of the molecule is CC(C)(C)C1CNCC2CC2C1. The van der Waals surface area contributed by atoms with Gasteiger partial charge < -0.3 is 5.32 Å². The molecule has 1 heteroatoms. The lowest BCUT2D eigenvalue weighted by atomic mass is 9.78. The molecule has 2 aliphatic rings. The van der Waals surface area contributed by atoms with E-state index in [1.54, 1.807) is 0 Å². The van der Waals surface area contributed by atoms with Crippen molar-refractivity contribution in [3.8, 4) is 0 Å². The van der Waals surface area contributed by atoms with E-state index in [0.29, 0.717) is 5.41 Å². The molecule has 1 saturated carbocycles. The Morgan fingerprint density at radius 2 is 1.75 bits per heavy atom. The number of rotatable bonds is 0. The van der Waals surface area contributed by atoms with Crippen LogP contribution in [0, 0.1) is 23.2 Å². The molecule has 3 atom stereocenters. The Hall–Kier alpha value is -0.0400. The topological polar surface area (TPSA) is 12.0 Å². The van der Waals surface area contributed by atoms with Gasteiger partial charge in [-0.2, -0.15) is 0 Å². The normalized spacial score (nSPS) is 41.8. The lowest BCUT2D eigenvalue weighted by Gasteiger charge is -2.30. The molecular formula is C11H21N. The summed E-state index contributed by atoms with van der Waals surface area (Å²) in [6.45, 7) is 9.67. The van der Waals surface area contributed by atoms with Crippen LogP contribution in [-0.4, -0.2) is 13.1 Å². The van der Waals surface area contributed by atoms with Gasteiger partial charge in [0.2, 0.25) is 0 Å². The highest BCUT2D eigenvalue weighted by molar-refractivity contribution is 4.94. The highest BCUT2D eigenvalue weighted by Crippen LogP contribution is 2.47. The summed E-state index contributed by atoms with van der Waals surface area (Å²) in [7, 11) is 0. The van der Waals surface area contributed by atoms with Crippen LogP contribution in [0.3, 0.4) is 0 Å². The zero-order chi connectivity index (χ0) is 8.77. The minimum Gasteiger partial charge on any atom is -0.316 e. The van der Waals surface area contributed by atoms with E-state index < -0.39 is 0 Å². The van der Waals surface area contributed by atoms with Gasteiger partial charge in [-0.05, 0) is 49.1 Å². The van der Waals surface area contributed by atoms with Crippen LogP contribution in [0.15, 0.2) is 0 Å². The van der Waals surface area contributed by atoms with Gasteiger partial charge in [-0.15, -0.1) is 0 Å². The maximum atomic E-state index is 3.60. The Bertz CT molecular complexity index is 168. The summed E-state index contributed by atoms with van der Waals surface area (Å²) in [6, 6.07) is 0. The zero-order valence-corrected chi connectivity index (χ0v) is 8.56. The van der Waals surface area contributed by atoms with Crippen molar-refractivity contribution in [1.82, 2.24) is 5.32 Å². The molecule has 2 fully saturated rings. The van der Waals surface area contributed by atoms with Crippen LogP contribution in [-0.2, 0) is 0 Å². The fourth-order valence-corrected chi connectivity index (χ4v) is 2.40. The molecule has 1 aliphatic carbocycles. The summed E-state index contributed by atoms with van der Waals surface area (Å²) in [5.41, 5.74) is 0.504. The van der Waals surface area contributed by atoms with E-state index in [-0.39, 0.29) is 0 Å². The van der Waals surface area contributed by atoms with Gasteiger partial charge in [0.05, 0.1) is 0 Å². The third-order valence-electron chi connectivity index (χ3n) is 3.68. The quantitative estimate of drug-likeness (QED) is 0.583. The second-order valence-corrected chi connectivity index (χ2v) is 5.71. The van der Waals surface area contributed by atoms with E-state index in [2.05, 4.69) is 26.1 Å². The summed E-state index contributed by atoms with van der Waals surface area (Å²) in [5, 5.41) is 3.60. The van der Waals surface area contributed by atoms with Gasteiger partial charge in [0.25, 0.3) is 0 Å². The zero-order valence-electron chi connectivity index (χ0n) is 8.56. The number of hydrogen-bond acceptors (Lipinski definition) is 1. The minimum absolute atomic E-state index is 0.504. The van der Waals surface area contributed by atoms with Crippen molar-refractivity contribution in [3.05, 3.63) is 0 Å². The average molecular weight is 167 g/mol. The lowest BCUT2D eigenvalue weighted by molar-refractivity contribution is 0.218. The summed E-state index contributed by atoms with van der Waals surface area (Å²) in [5.74, 6) is 3.01. The van der Waals surface area contributed by atoms with Crippen LogP contribution >= 0.6 is 0 Å². The first-order valence-corrected chi connectivity index (χ1v) is 5.28. The second kappa shape index (κ2) is 2.73. The van der Waals surface area contributed by atoms with Gasteiger partial charge in [0, 0.05) is 0 Å². The fraction of sp³-hybridized carbons (Fsp3) is 1.00. The summed E-state index contributed by atoms with van der Waals surface area (Å²) >= 11 is 0. The van der Waals surface area contributed by atoms with Crippen LogP contribution in [0.4, 0.5) is 0 Å². The van der Waals surface area contributed by atoms with Gasteiger partial charge in [-0.1, -0.05) is 20.8 Å². The Balaban J connectivity index is 1.97. The molecule has 1 saturated heterocycles. The third kappa shape index (κ3) is 1.66. The maximum absolute atomic E-state index is 3.60. The Labute approximate surface area is 75.9 Å². The molecule has 3 unspecified atom stereocenters. The summed E-state index contributed by atoms with van der Waals surface area (Å²) < 4.78 is 0. The smallest absolute Gasteiger partial charge is 0.00153 e. The van der Waals surface area contributed by atoms with Crippen molar-refractivity contribution in [3.63, 3.8) is 0 Å². The summed E-state index contributed by atoms with van der Waals surface area (Å²) in [6.07, 6.45) is 2.97. The minimum atomic E-state index is 0.504. The van der Waals surface area contributed by atoms with Crippen LogP contribution in [0.2, 0.25) is 0 Å². The van der Waals surface area contributed by atoms with Gasteiger partial charge >= 0.3 is 0 Å². The van der Waals surface area contributed by atoms with Crippen LogP contribution in [0.5, 0.6) is 0 Å². The molecule has 0 amide bonds. The molecule has 0 radical (unpaired) electrons. The van der Waals surface area contributed by atoms with Gasteiger partial charge in [-0.25, -0.2) is 0 Å². The Morgan fingerprint density at radius 1 is 1.00 bits per heavy atom. The number of hydrogen-bond donors (Lipinski definition) is 1. The molecule has 70 valence electrons. The van der Waals surface area contributed by atoms with E-state index >= 15 is 0 Å². The molecule has 0 spiro atoms. The largest absolute Gasteiger partial charge is 0.316 e. The van der Waals surface area contributed by atoms with E-state index in [4.69, 9.17) is 0 Å². The molecule has 0 aromatic carbocycles. The van der Waals surface area contributed by atoms with Crippen molar-refractivity contribution in [2.45, 2.75) is 33.6 Å². The molecule has 0 bridgehead atoms. The molecular weight excluding hydrogens is 146 g/mol. The maximum Gasteiger partial charge on any atom is -0.00153 e. The molecule has 1 nitrogen and oxygen atoms in total. The van der Waals surface area contributed by atoms with Crippen molar-refractivity contribution < 1.29 is 0 Å². The molecule has 0 aromatic heterocycles. The highest BCUT2D eigenvalue weighted by atomic mass is 14.9. The first-order chi connectivity index (χ1) is 5.57. The molecule has 2 rings (SSSR count). The Kier molecular flexibility index (Phi) is 1.95. The van der Waals surface area contributed by atoms with Gasteiger partial charge in [0.1, 0.15) is 0 Å². The molecule has 0 aromatic rings. The number of fused-ring (bicyclic) bond motifs is 1. The summed E-state index contributed by atoms with van der Waals surface area (Å²) in [4.78, 5) is 0. The third-order valence-corrected chi connectivity index (χ3v) is 3.68. The van der Waals surface area contributed by atoms with E-state index in [1.165, 1.54) is 25.9 Å². The van der Waals surface area contributed by atoms with Crippen molar-refractivity contribution in [2.24, 2.45) is 23.2 Å². The predicted molar refractivity (Wildman–Crippen MR) is 52.0 cm³/mol. The number of nitrogens with one attached hydrogen (secondary N) is 1.